The number of aryl methyl sites for hydroxylation is 2. The second-order valence-corrected chi connectivity index (χ2v) is 5.81. The third-order valence-corrected chi connectivity index (χ3v) is 4.02. The smallest absolute Gasteiger partial charge is 0.234 e. The molecule has 1 aliphatic rings. The summed E-state index contributed by atoms with van der Waals surface area (Å²) in [5.74, 6) is 0.0184. The maximum atomic E-state index is 12.0. The first-order valence-electron chi connectivity index (χ1n) is 7.22. The lowest BCUT2D eigenvalue weighted by Crippen LogP contribution is -2.37. The molecule has 0 aliphatic carbocycles. The lowest BCUT2D eigenvalue weighted by molar-refractivity contribution is -0.122. The Labute approximate surface area is 120 Å². The first-order chi connectivity index (χ1) is 9.45. The molecular formula is C16H24N2O2. The summed E-state index contributed by atoms with van der Waals surface area (Å²) in [5.41, 5.74) is 3.63. The summed E-state index contributed by atoms with van der Waals surface area (Å²) < 4.78 is 0. The molecule has 1 amide bonds. The van der Waals surface area contributed by atoms with Crippen LogP contribution in [-0.2, 0) is 4.79 Å². The fraction of sp³-hybridized carbons (Fsp3) is 0.562. The van der Waals surface area contributed by atoms with Crippen molar-refractivity contribution in [2.45, 2.75) is 39.3 Å². The molecule has 1 heterocycles. The molecule has 0 aromatic heterocycles. The normalized spacial score (nSPS) is 20.9. The highest BCUT2D eigenvalue weighted by atomic mass is 16.3. The lowest BCUT2D eigenvalue weighted by atomic mass is 10.0. The van der Waals surface area contributed by atoms with Crippen molar-refractivity contribution >= 4 is 5.91 Å². The molecule has 4 heteroatoms. The zero-order chi connectivity index (χ0) is 14.7. The monoisotopic (exact) mass is 276 g/mol. The number of rotatable bonds is 4. The van der Waals surface area contributed by atoms with Crippen LogP contribution < -0.4 is 5.32 Å². The number of amides is 1. The van der Waals surface area contributed by atoms with Gasteiger partial charge in [0.25, 0.3) is 0 Å². The molecule has 1 saturated heterocycles. The maximum absolute atomic E-state index is 12.0. The van der Waals surface area contributed by atoms with E-state index in [1.807, 2.05) is 11.8 Å². The number of benzene rings is 1. The predicted octanol–water partition coefficient (Wildman–Crippen LogP) is 1.55. The molecule has 1 aromatic carbocycles. The fourth-order valence-electron chi connectivity index (χ4n) is 2.56. The van der Waals surface area contributed by atoms with E-state index in [0.29, 0.717) is 13.1 Å². The first kappa shape index (κ1) is 15.0. The molecule has 20 heavy (non-hydrogen) atoms. The minimum Gasteiger partial charge on any atom is -0.392 e. The minimum absolute atomic E-state index is 0.00864. The van der Waals surface area contributed by atoms with Crippen LogP contribution >= 0.6 is 0 Å². The van der Waals surface area contributed by atoms with E-state index in [1.54, 1.807) is 0 Å². The Balaban J connectivity index is 1.88. The van der Waals surface area contributed by atoms with Gasteiger partial charge in [-0.25, -0.2) is 0 Å². The zero-order valence-electron chi connectivity index (χ0n) is 12.5. The molecule has 2 N–H and O–H groups in total. The summed E-state index contributed by atoms with van der Waals surface area (Å²) in [5, 5.41) is 12.5. The summed E-state index contributed by atoms with van der Waals surface area (Å²) in [6.45, 7) is 7.94. The van der Waals surface area contributed by atoms with E-state index < -0.39 is 0 Å². The number of aliphatic hydroxyl groups is 1. The van der Waals surface area contributed by atoms with E-state index in [1.165, 1.54) is 11.1 Å². The summed E-state index contributed by atoms with van der Waals surface area (Å²) in [4.78, 5) is 14.0. The molecule has 0 saturated carbocycles. The number of likely N-dealkylation sites (tertiary alicyclic amines) is 1. The number of nitrogens with zero attached hydrogens (tertiary/aromatic N) is 1. The molecule has 0 bridgehead atoms. The number of β-amino-alcohol motifs (C(OH)–C–C–N with tert-alkyl or cyclic N) is 1. The van der Waals surface area contributed by atoms with E-state index in [9.17, 15) is 9.90 Å². The summed E-state index contributed by atoms with van der Waals surface area (Å²) in [6, 6.07) is 6.28. The van der Waals surface area contributed by atoms with Crippen molar-refractivity contribution in [2.75, 3.05) is 19.6 Å². The van der Waals surface area contributed by atoms with Crippen LogP contribution in [0.1, 0.15) is 36.1 Å². The second kappa shape index (κ2) is 6.37. The molecule has 0 radical (unpaired) electrons. The standard InChI is InChI=1S/C16H24N2O2/c1-11-4-5-14(8-12(11)2)13(3)17-16(20)10-18-7-6-15(19)9-18/h4-5,8,13,15,19H,6-7,9-10H2,1-3H3,(H,17,20)/t13?,15-/m0/s1. The third kappa shape index (κ3) is 3.81. The average molecular weight is 276 g/mol. The number of hydrogen-bond donors (Lipinski definition) is 2. The van der Waals surface area contributed by atoms with Gasteiger partial charge in [-0.05, 0) is 43.9 Å². The molecule has 1 unspecified atom stereocenters. The van der Waals surface area contributed by atoms with Gasteiger partial charge in [-0.15, -0.1) is 0 Å². The molecule has 2 rings (SSSR count). The van der Waals surface area contributed by atoms with Crippen molar-refractivity contribution in [3.05, 3.63) is 34.9 Å². The third-order valence-electron chi connectivity index (χ3n) is 4.02. The Morgan fingerprint density at radius 2 is 2.20 bits per heavy atom. The van der Waals surface area contributed by atoms with Crippen molar-refractivity contribution in [1.82, 2.24) is 10.2 Å². The van der Waals surface area contributed by atoms with Gasteiger partial charge in [0.15, 0.2) is 0 Å². The van der Waals surface area contributed by atoms with Gasteiger partial charge in [-0.2, -0.15) is 0 Å². The van der Waals surface area contributed by atoms with Crippen LogP contribution in [0.5, 0.6) is 0 Å². The zero-order valence-corrected chi connectivity index (χ0v) is 12.5. The Morgan fingerprint density at radius 1 is 1.45 bits per heavy atom. The van der Waals surface area contributed by atoms with Crippen LogP contribution in [0.2, 0.25) is 0 Å². The van der Waals surface area contributed by atoms with Crippen molar-refractivity contribution in [2.24, 2.45) is 0 Å². The second-order valence-electron chi connectivity index (χ2n) is 5.81. The quantitative estimate of drug-likeness (QED) is 0.877. The van der Waals surface area contributed by atoms with Gasteiger partial charge >= 0.3 is 0 Å². The molecule has 2 atom stereocenters. The molecule has 4 nitrogen and oxygen atoms in total. The fourth-order valence-corrected chi connectivity index (χ4v) is 2.56. The van der Waals surface area contributed by atoms with Crippen LogP contribution in [0.4, 0.5) is 0 Å². The number of carbonyl (C=O) groups is 1. The minimum atomic E-state index is -0.278. The number of nitrogens with one attached hydrogen (secondary N) is 1. The van der Waals surface area contributed by atoms with Gasteiger partial charge in [0.1, 0.15) is 0 Å². The van der Waals surface area contributed by atoms with E-state index in [4.69, 9.17) is 0 Å². The molecule has 1 aliphatic heterocycles. The molecular weight excluding hydrogens is 252 g/mol. The first-order valence-corrected chi connectivity index (χ1v) is 7.22. The van der Waals surface area contributed by atoms with Crippen LogP contribution in [0, 0.1) is 13.8 Å². The van der Waals surface area contributed by atoms with Crippen molar-refractivity contribution < 1.29 is 9.90 Å². The van der Waals surface area contributed by atoms with Crippen molar-refractivity contribution in [3.63, 3.8) is 0 Å². The highest BCUT2D eigenvalue weighted by Gasteiger charge is 2.22. The molecule has 0 spiro atoms. The van der Waals surface area contributed by atoms with Gasteiger partial charge in [-0.3, -0.25) is 9.69 Å². The summed E-state index contributed by atoms with van der Waals surface area (Å²) in [6.07, 6.45) is 0.486. The van der Waals surface area contributed by atoms with Gasteiger partial charge < -0.3 is 10.4 Å². The predicted molar refractivity (Wildman–Crippen MR) is 79.5 cm³/mol. The van der Waals surface area contributed by atoms with Gasteiger partial charge in [0.2, 0.25) is 5.91 Å². The van der Waals surface area contributed by atoms with Gasteiger partial charge in [0.05, 0.1) is 18.7 Å². The number of hydrogen-bond acceptors (Lipinski definition) is 3. The van der Waals surface area contributed by atoms with Crippen LogP contribution in [0.25, 0.3) is 0 Å². The van der Waals surface area contributed by atoms with Gasteiger partial charge in [-0.1, -0.05) is 18.2 Å². The Hall–Kier alpha value is -1.39. The largest absolute Gasteiger partial charge is 0.392 e. The van der Waals surface area contributed by atoms with E-state index in [-0.39, 0.29) is 18.1 Å². The lowest BCUT2D eigenvalue weighted by Gasteiger charge is -2.19. The maximum Gasteiger partial charge on any atom is 0.234 e. The van der Waals surface area contributed by atoms with Crippen molar-refractivity contribution in [3.8, 4) is 0 Å². The molecule has 1 fully saturated rings. The Kier molecular flexibility index (Phi) is 4.78. The average Bonchev–Trinajstić information content (AvgIpc) is 2.77. The summed E-state index contributed by atoms with van der Waals surface area (Å²) >= 11 is 0. The Bertz CT molecular complexity index is 487. The van der Waals surface area contributed by atoms with E-state index in [0.717, 1.165) is 18.5 Å². The molecule has 1 aromatic rings. The van der Waals surface area contributed by atoms with Crippen LogP contribution in [-0.4, -0.2) is 41.7 Å². The number of aliphatic hydroxyl groups excluding tert-OH is 1. The summed E-state index contributed by atoms with van der Waals surface area (Å²) in [7, 11) is 0. The van der Waals surface area contributed by atoms with E-state index in [2.05, 4.69) is 37.4 Å². The van der Waals surface area contributed by atoms with E-state index >= 15 is 0 Å². The Morgan fingerprint density at radius 3 is 2.80 bits per heavy atom. The van der Waals surface area contributed by atoms with Gasteiger partial charge in [0, 0.05) is 13.1 Å². The number of carbonyl (C=O) groups excluding carboxylic acids is 1. The molecule has 110 valence electrons. The topological polar surface area (TPSA) is 52.6 Å². The van der Waals surface area contributed by atoms with Crippen LogP contribution in [0.15, 0.2) is 18.2 Å². The SMILES string of the molecule is Cc1ccc(C(C)NC(=O)CN2CC[C@H](O)C2)cc1C. The highest BCUT2D eigenvalue weighted by molar-refractivity contribution is 5.78. The van der Waals surface area contributed by atoms with Crippen LogP contribution in [0.3, 0.4) is 0 Å². The van der Waals surface area contributed by atoms with Crippen molar-refractivity contribution in [1.29, 1.82) is 0 Å². The highest BCUT2D eigenvalue weighted by Crippen LogP contribution is 2.17.